The molecule has 0 N–H and O–H groups in total. The van der Waals surface area contributed by atoms with Crippen LogP contribution in [0.2, 0.25) is 0 Å². The third-order valence-corrected chi connectivity index (χ3v) is 6.13. The van der Waals surface area contributed by atoms with Gasteiger partial charge in [-0.05, 0) is 36.6 Å². The highest BCUT2D eigenvalue weighted by Crippen LogP contribution is 2.36. The molecule has 7 heteroatoms. The zero-order valence-electron chi connectivity index (χ0n) is 13.0. The van der Waals surface area contributed by atoms with Gasteiger partial charge in [0.2, 0.25) is 0 Å². The van der Waals surface area contributed by atoms with Gasteiger partial charge in [0.15, 0.2) is 5.78 Å². The molecule has 0 amide bonds. The molecule has 0 spiro atoms. The van der Waals surface area contributed by atoms with E-state index < -0.39 is 20.3 Å². The fourth-order valence-electron chi connectivity index (χ4n) is 2.22. The molecule has 4 nitrogen and oxygen atoms in total. The van der Waals surface area contributed by atoms with Crippen LogP contribution in [0.4, 0.5) is 0 Å². The zero-order chi connectivity index (χ0) is 17.4. The highest BCUT2D eigenvalue weighted by Gasteiger charge is 2.46. The van der Waals surface area contributed by atoms with Gasteiger partial charge < -0.3 is 0 Å². The van der Waals surface area contributed by atoms with Gasteiger partial charge in [-0.2, -0.15) is 12.8 Å². The van der Waals surface area contributed by atoms with Crippen molar-refractivity contribution in [3.05, 3.63) is 42.0 Å². The number of nitrogens with zero attached hydrogens (tertiary/aromatic N) is 1. The third kappa shape index (κ3) is 3.52. The first-order valence-corrected chi connectivity index (χ1v) is 9.32. The summed E-state index contributed by atoms with van der Waals surface area (Å²) < 4.78 is 28.9. The highest BCUT2D eigenvalue weighted by molar-refractivity contribution is 7.90. The Morgan fingerprint density at radius 2 is 1.78 bits per heavy atom. The maximum Gasteiger partial charge on any atom is 0.282 e. The van der Waals surface area contributed by atoms with E-state index in [1.165, 1.54) is 25.1 Å². The molecule has 1 aliphatic carbocycles. The van der Waals surface area contributed by atoms with Gasteiger partial charge in [-0.15, -0.1) is 23.2 Å². The molecule has 0 fully saturated rings. The van der Waals surface area contributed by atoms with Gasteiger partial charge in [-0.3, -0.25) is 4.79 Å². The molecule has 2 rings (SSSR count). The maximum absolute atomic E-state index is 12.5. The number of hydrogen-bond acceptors (Lipinski definition) is 3. The molecule has 1 aliphatic rings. The summed E-state index contributed by atoms with van der Waals surface area (Å²) in [5, 5.41) is -1.03. The van der Waals surface area contributed by atoms with Crippen LogP contribution in [0.5, 0.6) is 0 Å². The standard InChI is InChI=1S/C16H17Cl2NO3S/c1-10(2)12-9-13(20)16(3,18)15(17)14(12)19-23(21,22)11-7-5-4-6-8-11/h4-10,15H,1-3H3/t15-,16+/m1/s1. The minimum Gasteiger partial charge on any atom is -0.293 e. The lowest BCUT2D eigenvalue weighted by Crippen LogP contribution is -2.47. The second-order valence-corrected chi connectivity index (χ2v) is 8.65. The van der Waals surface area contributed by atoms with E-state index in [0.717, 1.165) is 0 Å². The monoisotopic (exact) mass is 373 g/mol. The van der Waals surface area contributed by atoms with Gasteiger partial charge in [0.25, 0.3) is 10.0 Å². The van der Waals surface area contributed by atoms with Crippen LogP contribution in [0.15, 0.2) is 51.3 Å². The quantitative estimate of drug-likeness (QED) is 0.760. The maximum atomic E-state index is 12.5. The van der Waals surface area contributed by atoms with Crippen LogP contribution in [-0.2, 0) is 14.8 Å². The molecule has 0 saturated heterocycles. The summed E-state index contributed by atoms with van der Waals surface area (Å²) in [6.45, 7) is 5.14. The van der Waals surface area contributed by atoms with Crippen LogP contribution >= 0.6 is 23.2 Å². The van der Waals surface area contributed by atoms with Gasteiger partial charge in [-0.1, -0.05) is 32.0 Å². The molecule has 0 aromatic heterocycles. The van der Waals surface area contributed by atoms with E-state index in [9.17, 15) is 13.2 Å². The number of ketones is 1. The molecule has 124 valence electrons. The van der Waals surface area contributed by atoms with Crippen molar-refractivity contribution >= 4 is 44.7 Å². The number of halogens is 2. The molecule has 0 aliphatic heterocycles. The molecule has 0 radical (unpaired) electrons. The van der Waals surface area contributed by atoms with Gasteiger partial charge in [0, 0.05) is 0 Å². The summed E-state index contributed by atoms with van der Waals surface area (Å²) >= 11 is 12.5. The molecular formula is C16H17Cl2NO3S. The molecule has 0 saturated carbocycles. The Kier molecular flexibility index (Phi) is 5.04. The average Bonchev–Trinajstić information content (AvgIpc) is 2.49. The smallest absolute Gasteiger partial charge is 0.282 e. The predicted molar refractivity (Wildman–Crippen MR) is 92.9 cm³/mol. The normalized spacial score (nSPS) is 27.4. The Balaban J connectivity index is 2.63. The van der Waals surface area contributed by atoms with Crippen molar-refractivity contribution in [1.82, 2.24) is 0 Å². The number of sulfonamides is 1. The van der Waals surface area contributed by atoms with Crippen LogP contribution in [-0.4, -0.2) is 30.2 Å². The number of allylic oxidation sites excluding steroid dienone is 2. The van der Waals surface area contributed by atoms with E-state index in [1.807, 2.05) is 13.8 Å². The highest BCUT2D eigenvalue weighted by atomic mass is 35.5. The van der Waals surface area contributed by atoms with E-state index >= 15 is 0 Å². The van der Waals surface area contributed by atoms with E-state index in [2.05, 4.69) is 4.40 Å². The molecule has 1 aromatic carbocycles. The lowest BCUT2D eigenvalue weighted by atomic mass is 9.82. The largest absolute Gasteiger partial charge is 0.293 e. The summed E-state index contributed by atoms with van der Waals surface area (Å²) in [7, 11) is -3.93. The molecule has 0 bridgehead atoms. The molecule has 1 aromatic rings. The minimum atomic E-state index is -3.93. The van der Waals surface area contributed by atoms with Crippen LogP contribution in [0.1, 0.15) is 20.8 Å². The zero-order valence-corrected chi connectivity index (χ0v) is 15.3. The van der Waals surface area contributed by atoms with Crippen molar-refractivity contribution in [1.29, 1.82) is 0 Å². The van der Waals surface area contributed by atoms with Crippen LogP contribution < -0.4 is 0 Å². The summed E-state index contributed by atoms with van der Waals surface area (Å²) in [6.07, 6.45) is 1.34. The Morgan fingerprint density at radius 3 is 2.30 bits per heavy atom. The Bertz CT molecular complexity index is 781. The van der Waals surface area contributed by atoms with Gasteiger partial charge in [0.1, 0.15) is 10.3 Å². The number of alkyl halides is 2. The second-order valence-electron chi connectivity index (χ2n) is 5.82. The molecule has 0 unspecified atom stereocenters. The molecule has 23 heavy (non-hydrogen) atoms. The summed E-state index contributed by atoms with van der Waals surface area (Å²) in [4.78, 5) is 10.8. The second kappa shape index (κ2) is 6.38. The topological polar surface area (TPSA) is 63.6 Å². The van der Waals surface area contributed by atoms with Crippen molar-refractivity contribution in [2.45, 2.75) is 35.9 Å². The first kappa shape index (κ1) is 18.2. The first-order chi connectivity index (χ1) is 10.6. The number of carbonyl (C=O) groups excluding carboxylic acids is 1. The van der Waals surface area contributed by atoms with E-state index in [4.69, 9.17) is 23.2 Å². The number of carbonyl (C=O) groups is 1. The van der Waals surface area contributed by atoms with Crippen molar-refractivity contribution in [3.63, 3.8) is 0 Å². The summed E-state index contributed by atoms with van der Waals surface area (Å²) in [6, 6.07) is 7.84. The van der Waals surface area contributed by atoms with Crippen molar-refractivity contribution < 1.29 is 13.2 Å². The first-order valence-electron chi connectivity index (χ1n) is 7.06. The van der Waals surface area contributed by atoms with E-state index in [-0.39, 0.29) is 22.3 Å². The van der Waals surface area contributed by atoms with Crippen LogP contribution in [0.3, 0.4) is 0 Å². The van der Waals surface area contributed by atoms with Gasteiger partial charge in [-0.25, -0.2) is 0 Å². The predicted octanol–water partition coefficient (Wildman–Crippen LogP) is 3.59. The molecule has 2 atom stereocenters. The average molecular weight is 374 g/mol. The van der Waals surface area contributed by atoms with Gasteiger partial charge in [0.05, 0.1) is 10.6 Å². The fourth-order valence-corrected chi connectivity index (χ4v) is 3.79. The van der Waals surface area contributed by atoms with E-state index in [1.54, 1.807) is 18.2 Å². The third-order valence-electron chi connectivity index (χ3n) is 3.66. The Hall–Kier alpha value is -1.17. The van der Waals surface area contributed by atoms with Crippen LogP contribution in [0, 0.1) is 5.92 Å². The summed E-state index contributed by atoms with van der Waals surface area (Å²) in [5.41, 5.74) is 0.621. The van der Waals surface area contributed by atoms with Crippen molar-refractivity contribution in [3.8, 4) is 0 Å². The molecular weight excluding hydrogens is 357 g/mol. The number of rotatable bonds is 3. The van der Waals surface area contributed by atoms with Crippen molar-refractivity contribution in [2.24, 2.45) is 10.3 Å². The number of benzene rings is 1. The van der Waals surface area contributed by atoms with Crippen LogP contribution in [0.25, 0.3) is 0 Å². The lowest BCUT2D eigenvalue weighted by Gasteiger charge is -2.32. The lowest BCUT2D eigenvalue weighted by molar-refractivity contribution is -0.116. The van der Waals surface area contributed by atoms with Gasteiger partial charge >= 0.3 is 0 Å². The minimum absolute atomic E-state index is 0.0626. The Labute approximate surface area is 146 Å². The van der Waals surface area contributed by atoms with Crippen molar-refractivity contribution in [2.75, 3.05) is 0 Å². The fraction of sp³-hybridized carbons (Fsp3) is 0.375. The van der Waals surface area contributed by atoms with E-state index in [0.29, 0.717) is 5.57 Å². The molecule has 0 heterocycles. The SMILES string of the molecule is CC(C)C1=CC(=O)[C@](C)(Cl)[C@H](Cl)C1=NS(=O)(=O)c1ccccc1. The Morgan fingerprint density at radius 1 is 1.22 bits per heavy atom. The number of hydrogen-bond donors (Lipinski definition) is 0. The summed E-state index contributed by atoms with van der Waals surface area (Å²) in [5.74, 6) is -0.461.